The highest BCUT2D eigenvalue weighted by molar-refractivity contribution is 4.94. The molecule has 1 aliphatic heterocycles. The fourth-order valence-corrected chi connectivity index (χ4v) is 2.19. The smallest absolute Gasteiger partial charge is 0.122 e. The number of aryl methyl sites for hydroxylation is 1. The Balaban J connectivity index is 2.06. The maximum Gasteiger partial charge on any atom is 0.122 e. The summed E-state index contributed by atoms with van der Waals surface area (Å²) in [7, 11) is 2.06. The number of nitrogens with one attached hydrogen (secondary N) is 1. The van der Waals surface area contributed by atoms with Crippen LogP contribution in [-0.4, -0.2) is 39.6 Å². The van der Waals surface area contributed by atoms with Gasteiger partial charge in [0.15, 0.2) is 0 Å². The van der Waals surface area contributed by atoms with E-state index >= 15 is 0 Å². The van der Waals surface area contributed by atoms with Gasteiger partial charge in [-0.1, -0.05) is 0 Å². The van der Waals surface area contributed by atoms with Crippen LogP contribution in [-0.2, 0) is 13.6 Å². The van der Waals surface area contributed by atoms with Gasteiger partial charge in [0.25, 0.3) is 0 Å². The molecule has 2 heterocycles. The Morgan fingerprint density at radius 2 is 2.07 bits per heavy atom. The molecule has 0 spiro atoms. The van der Waals surface area contributed by atoms with Gasteiger partial charge in [0.1, 0.15) is 5.82 Å². The molecule has 0 saturated carbocycles. The van der Waals surface area contributed by atoms with E-state index in [0.29, 0.717) is 12.1 Å². The summed E-state index contributed by atoms with van der Waals surface area (Å²) < 4.78 is 2.10. The molecule has 84 valence electrons. The van der Waals surface area contributed by atoms with Crippen LogP contribution < -0.4 is 5.32 Å². The molecule has 1 N–H and O–H groups in total. The Bertz CT molecular complexity index is 310. The Kier molecular flexibility index (Phi) is 3.07. The normalized spacial score (nSPS) is 28.2. The van der Waals surface area contributed by atoms with E-state index in [4.69, 9.17) is 0 Å². The van der Waals surface area contributed by atoms with Gasteiger partial charge in [0, 0.05) is 44.6 Å². The average Bonchev–Trinajstić information content (AvgIpc) is 2.58. The number of imidazole rings is 1. The molecule has 4 nitrogen and oxygen atoms in total. The molecule has 2 rings (SSSR count). The van der Waals surface area contributed by atoms with Crippen molar-refractivity contribution in [1.29, 1.82) is 0 Å². The highest BCUT2D eigenvalue weighted by atomic mass is 15.3. The summed E-state index contributed by atoms with van der Waals surface area (Å²) in [6.07, 6.45) is 3.87. The van der Waals surface area contributed by atoms with E-state index in [1.54, 1.807) is 0 Å². The van der Waals surface area contributed by atoms with Crippen molar-refractivity contribution < 1.29 is 0 Å². The molecule has 2 atom stereocenters. The fourth-order valence-electron chi connectivity index (χ4n) is 2.19. The van der Waals surface area contributed by atoms with Crippen LogP contribution in [0.15, 0.2) is 12.4 Å². The van der Waals surface area contributed by atoms with Gasteiger partial charge in [-0.2, -0.15) is 0 Å². The molecule has 1 saturated heterocycles. The summed E-state index contributed by atoms with van der Waals surface area (Å²) in [5.41, 5.74) is 0. The molecule has 0 radical (unpaired) electrons. The van der Waals surface area contributed by atoms with Gasteiger partial charge in [-0.15, -0.1) is 0 Å². The average molecular weight is 208 g/mol. The van der Waals surface area contributed by atoms with Crippen LogP contribution in [0.3, 0.4) is 0 Å². The zero-order chi connectivity index (χ0) is 10.8. The summed E-state index contributed by atoms with van der Waals surface area (Å²) in [6, 6.07) is 1.18. The first-order valence-corrected chi connectivity index (χ1v) is 5.61. The standard InChI is InChI=1S/C11H20N4/c1-9-6-12-7-10(2)15(9)8-11-13-4-5-14(11)3/h4-5,9-10,12H,6-8H2,1-3H3/t9-,10+. The van der Waals surface area contributed by atoms with Crippen LogP contribution >= 0.6 is 0 Å². The number of aromatic nitrogens is 2. The van der Waals surface area contributed by atoms with Crippen molar-refractivity contribution in [3.63, 3.8) is 0 Å². The molecule has 1 aliphatic rings. The van der Waals surface area contributed by atoms with Crippen LogP contribution in [0.2, 0.25) is 0 Å². The van der Waals surface area contributed by atoms with Gasteiger partial charge in [0.05, 0.1) is 6.54 Å². The molecule has 0 unspecified atom stereocenters. The van der Waals surface area contributed by atoms with Crippen LogP contribution in [0.5, 0.6) is 0 Å². The van der Waals surface area contributed by atoms with E-state index in [9.17, 15) is 0 Å². The van der Waals surface area contributed by atoms with Crippen molar-refractivity contribution in [2.45, 2.75) is 32.5 Å². The van der Waals surface area contributed by atoms with Gasteiger partial charge in [-0.25, -0.2) is 4.98 Å². The number of hydrogen-bond donors (Lipinski definition) is 1. The second-order valence-corrected chi connectivity index (χ2v) is 4.48. The Hall–Kier alpha value is -0.870. The highest BCUT2D eigenvalue weighted by Crippen LogP contribution is 2.13. The van der Waals surface area contributed by atoms with E-state index in [2.05, 4.69) is 40.7 Å². The topological polar surface area (TPSA) is 33.1 Å². The molecule has 1 fully saturated rings. The number of rotatable bonds is 2. The largest absolute Gasteiger partial charge is 0.337 e. The van der Waals surface area contributed by atoms with Crippen LogP contribution in [0.1, 0.15) is 19.7 Å². The van der Waals surface area contributed by atoms with Gasteiger partial charge in [-0.3, -0.25) is 4.90 Å². The zero-order valence-corrected chi connectivity index (χ0v) is 9.77. The summed E-state index contributed by atoms with van der Waals surface area (Å²) in [5, 5.41) is 3.44. The van der Waals surface area contributed by atoms with E-state index in [0.717, 1.165) is 25.5 Å². The first kappa shape index (κ1) is 10.6. The monoisotopic (exact) mass is 208 g/mol. The SMILES string of the molecule is C[C@@H]1CNC[C@H](C)N1Cc1nccn1C. The van der Waals surface area contributed by atoms with Gasteiger partial charge >= 0.3 is 0 Å². The maximum absolute atomic E-state index is 4.38. The molecule has 0 aromatic carbocycles. The summed E-state index contributed by atoms with van der Waals surface area (Å²) in [6.45, 7) is 7.65. The van der Waals surface area contributed by atoms with Gasteiger partial charge in [0.2, 0.25) is 0 Å². The first-order valence-electron chi connectivity index (χ1n) is 5.61. The Morgan fingerprint density at radius 3 is 2.60 bits per heavy atom. The molecule has 1 aromatic rings. The Labute approximate surface area is 91.3 Å². The van der Waals surface area contributed by atoms with E-state index < -0.39 is 0 Å². The van der Waals surface area contributed by atoms with Crippen molar-refractivity contribution in [3.05, 3.63) is 18.2 Å². The predicted octanol–water partition coefficient (Wildman–Crippen LogP) is 0.602. The fraction of sp³-hybridized carbons (Fsp3) is 0.727. The van der Waals surface area contributed by atoms with Gasteiger partial charge < -0.3 is 9.88 Å². The lowest BCUT2D eigenvalue weighted by Gasteiger charge is -2.39. The number of piperazine rings is 1. The lowest BCUT2D eigenvalue weighted by atomic mass is 10.1. The van der Waals surface area contributed by atoms with Crippen molar-refractivity contribution in [2.24, 2.45) is 7.05 Å². The summed E-state index contributed by atoms with van der Waals surface area (Å²) in [4.78, 5) is 6.89. The van der Waals surface area contributed by atoms with E-state index in [1.807, 2.05) is 12.4 Å². The third kappa shape index (κ3) is 2.21. The zero-order valence-electron chi connectivity index (χ0n) is 9.77. The lowest BCUT2D eigenvalue weighted by Crippen LogP contribution is -2.54. The molecule has 4 heteroatoms. The molecule has 0 aliphatic carbocycles. The van der Waals surface area contributed by atoms with Crippen molar-refractivity contribution >= 4 is 0 Å². The van der Waals surface area contributed by atoms with Crippen LogP contribution in [0.25, 0.3) is 0 Å². The van der Waals surface area contributed by atoms with Crippen LogP contribution in [0, 0.1) is 0 Å². The summed E-state index contributed by atoms with van der Waals surface area (Å²) >= 11 is 0. The van der Waals surface area contributed by atoms with Gasteiger partial charge in [-0.05, 0) is 13.8 Å². The predicted molar refractivity (Wildman–Crippen MR) is 60.5 cm³/mol. The van der Waals surface area contributed by atoms with E-state index in [1.165, 1.54) is 0 Å². The molecular weight excluding hydrogens is 188 g/mol. The minimum absolute atomic E-state index is 0.588. The van der Waals surface area contributed by atoms with Crippen LogP contribution in [0.4, 0.5) is 0 Å². The molecule has 1 aromatic heterocycles. The number of nitrogens with zero attached hydrogens (tertiary/aromatic N) is 3. The quantitative estimate of drug-likeness (QED) is 0.772. The van der Waals surface area contributed by atoms with Crippen molar-refractivity contribution in [1.82, 2.24) is 19.8 Å². The third-order valence-electron chi connectivity index (χ3n) is 3.26. The second kappa shape index (κ2) is 4.33. The minimum atomic E-state index is 0.588. The molecular formula is C11H20N4. The maximum atomic E-state index is 4.38. The minimum Gasteiger partial charge on any atom is -0.337 e. The molecule has 15 heavy (non-hydrogen) atoms. The molecule has 0 bridgehead atoms. The first-order chi connectivity index (χ1) is 7.18. The summed E-state index contributed by atoms with van der Waals surface area (Å²) in [5.74, 6) is 1.15. The second-order valence-electron chi connectivity index (χ2n) is 4.48. The molecule has 0 amide bonds. The third-order valence-corrected chi connectivity index (χ3v) is 3.26. The highest BCUT2D eigenvalue weighted by Gasteiger charge is 2.25. The van der Waals surface area contributed by atoms with Crippen molar-refractivity contribution in [2.75, 3.05) is 13.1 Å². The van der Waals surface area contributed by atoms with Crippen molar-refractivity contribution in [3.8, 4) is 0 Å². The van der Waals surface area contributed by atoms with E-state index in [-0.39, 0.29) is 0 Å². The Morgan fingerprint density at radius 1 is 1.40 bits per heavy atom. The lowest BCUT2D eigenvalue weighted by molar-refractivity contribution is 0.104. The number of hydrogen-bond acceptors (Lipinski definition) is 3.